The topological polar surface area (TPSA) is 100 Å². The third kappa shape index (κ3) is 18.8. The van der Waals surface area contributed by atoms with E-state index in [-0.39, 0.29) is 69.5 Å². The van der Waals surface area contributed by atoms with E-state index in [0.29, 0.717) is 32.5 Å². The summed E-state index contributed by atoms with van der Waals surface area (Å²) in [4.78, 5) is 13.6. The smallest absolute Gasteiger partial charge is 0.192 e. The summed E-state index contributed by atoms with van der Waals surface area (Å²) in [6.07, 6.45) is 10.6. The molecule has 0 amide bonds. The minimum absolute atomic E-state index is 0.00452. The van der Waals surface area contributed by atoms with Crippen LogP contribution in [-0.2, 0) is 48.4 Å². The van der Waals surface area contributed by atoms with E-state index >= 15 is 0 Å². The molecule has 3 rings (SSSR count). The van der Waals surface area contributed by atoms with Gasteiger partial charge in [0.25, 0.3) is 0 Å². The first kappa shape index (κ1) is 59.1. The van der Waals surface area contributed by atoms with Crippen LogP contribution in [0, 0.1) is 5.92 Å². The zero-order chi connectivity index (χ0) is 49.9. The van der Waals surface area contributed by atoms with E-state index in [1.807, 2.05) is 44.2 Å². The molecular formula is C53H98O10Si3. The molecular weight excluding hydrogens is 881 g/mol. The fraction of sp³-hybridized carbons (Fsp3) is 0.830. The van der Waals surface area contributed by atoms with E-state index in [4.69, 9.17) is 41.7 Å². The summed E-state index contributed by atoms with van der Waals surface area (Å²) in [6, 6.07) is 7.88. The van der Waals surface area contributed by atoms with Crippen LogP contribution in [0.2, 0.25) is 54.4 Å². The highest BCUT2D eigenvalue weighted by Crippen LogP contribution is 2.42. The Labute approximate surface area is 407 Å². The molecule has 2 aliphatic heterocycles. The highest BCUT2D eigenvalue weighted by atomic mass is 28.4. The van der Waals surface area contributed by atoms with Gasteiger partial charge in [0.1, 0.15) is 11.9 Å². The summed E-state index contributed by atoms with van der Waals surface area (Å²) >= 11 is 0. The van der Waals surface area contributed by atoms with E-state index < -0.39 is 30.7 Å². The van der Waals surface area contributed by atoms with Crippen LogP contribution in [0.25, 0.3) is 0 Å². The maximum Gasteiger partial charge on any atom is 0.192 e. The van der Waals surface area contributed by atoms with Crippen molar-refractivity contribution in [3.05, 3.63) is 42.0 Å². The molecule has 0 bridgehead atoms. The molecule has 13 heteroatoms. The lowest BCUT2D eigenvalue weighted by molar-refractivity contribution is -0.307. The Morgan fingerprint density at radius 2 is 1.36 bits per heavy atom. The molecule has 1 aromatic rings. The van der Waals surface area contributed by atoms with Crippen molar-refractivity contribution >= 4 is 30.7 Å². The van der Waals surface area contributed by atoms with Gasteiger partial charge in [0.2, 0.25) is 0 Å². The average molecular weight is 980 g/mol. The van der Waals surface area contributed by atoms with Gasteiger partial charge in [-0.25, -0.2) is 0 Å². The Hall–Kier alpha value is -1.24. The van der Waals surface area contributed by atoms with Crippen LogP contribution in [0.4, 0.5) is 0 Å². The van der Waals surface area contributed by atoms with Crippen LogP contribution >= 0.6 is 0 Å². The SMILES string of the molecule is COc1ccc(CO[C@H](CO[Si](C)(C)C(C)(C)C)[C@H](CCC(=O)/C=C\[C@H](C)[C@H]2C[C@H](C[C@@H](C[C@H]3CCC[C@@H](CCO[Si](C)(C)C(C)(C)C)O3)O[Si](C)(C)C(C)(C)C)OC(C)(C)O2)OC)cc1. The standard InChI is InChI=1S/C53H98O10Si3/c1-39(24-27-41(54)28-31-47(56-14)49(38-59-65(17,18)51(5,6)7)57-37-40-25-29-42(55-13)30-26-40)48-36-45(61-53(11,12)62-48)35-46(63-66(19,20)52(8,9)10)34-44-23-21-22-43(60-44)32-33-58-64(15,16)50(2,3)4/h24-27,29-30,39,43-49H,21-23,28,31-38H2,1-20H3/b27-24-/t39-,43-,44+,45-,46+,47-,48+,49+/m0/s1. The first-order valence-corrected chi connectivity index (χ1v) is 34.0. The van der Waals surface area contributed by atoms with Crippen LogP contribution in [0.1, 0.15) is 146 Å². The van der Waals surface area contributed by atoms with Crippen molar-refractivity contribution in [3.63, 3.8) is 0 Å². The summed E-state index contributed by atoms with van der Waals surface area (Å²) in [7, 11) is -2.64. The monoisotopic (exact) mass is 979 g/mol. The largest absolute Gasteiger partial charge is 0.497 e. The lowest BCUT2D eigenvalue weighted by Gasteiger charge is -2.45. The van der Waals surface area contributed by atoms with E-state index in [1.54, 1.807) is 20.3 Å². The van der Waals surface area contributed by atoms with E-state index in [1.165, 1.54) is 0 Å². The lowest BCUT2D eigenvalue weighted by atomic mass is 9.91. The molecule has 382 valence electrons. The number of benzene rings is 1. The average Bonchev–Trinajstić information content (AvgIpc) is 3.19. The number of rotatable bonds is 25. The summed E-state index contributed by atoms with van der Waals surface area (Å²) in [5.74, 6) is 0.0579. The van der Waals surface area contributed by atoms with Crippen LogP contribution < -0.4 is 4.74 Å². The van der Waals surface area contributed by atoms with Crippen LogP contribution in [0.15, 0.2) is 36.4 Å². The molecule has 0 unspecified atom stereocenters. The summed E-state index contributed by atoms with van der Waals surface area (Å²) in [5, 5.41) is 0.309. The van der Waals surface area contributed by atoms with Gasteiger partial charge in [-0.3, -0.25) is 4.79 Å². The number of allylic oxidation sites excluding steroid dienone is 1. The lowest BCUT2D eigenvalue weighted by Crippen LogP contribution is -2.50. The van der Waals surface area contributed by atoms with Crippen molar-refractivity contribution in [1.82, 2.24) is 0 Å². The molecule has 0 saturated carbocycles. The number of ether oxygens (including phenoxy) is 6. The molecule has 10 nitrogen and oxygen atoms in total. The molecule has 2 heterocycles. The van der Waals surface area contributed by atoms with Crippen molar-refractivity contribution in [2.24, 2.45) is 5.92 Å². The number of ketones is 1. The zero-order valence-electron chi connectivity index (χ0n) is 45.7. The van der Waals surface area contributed by atoms with Gasteiger partial charge in [0.15, 0.2) is 36.5 Å². The molecule has 0 radical (unpaired) electrons. The van der Waals surface area contributed by atoms with E-state index in [0.717, 1.165) is 56.4 Å². The molecule has 0 aliphatic carbocycles. The van der Waals surface area contributed by atoms with Gasteiger partial charge in [-0.2, -0.15) is 0 Å². The second-order valence-corrected chi connectivity index (χ2v) is 38.9. The predicted molar refractivity (Wildman–Crippen MR) is 278 cm³/mol. The Morgan fingerprint density at radius 1 is 0.788 bits per heavy atom. The molecule has 0 spiro atoms. The Balaban J connectivity index is 1.68. The number of carbonyl (C=O) groups excluding carboxylic acids is 1. The first-order valence-electron chi connectivity index (χ1n) is 25.2. The molecule has 8 atom stereocenters. The predicted octanol–water partition coefficient (Wildman–Crippen LogP) is 13.6. The molecule has 2 aliphatic rings. The van der Waals surface area contributed by atoms with Gasteiger partial charge < -0.3 is 41.7 Å². The summed E-state index contributed by atoms with van der Waals surface area (Å²) in [5.41, 5.74) is 1.03. The highest BCUT2D eigenvalue weighted by molar-refractivity contribution is 6.74. The zero-order valence-corrected chi connectivity index (χ0v) is 48.7. The fourth-order valence-electron chi connectivity index (χ4n) is 7.92. The molecule has 2 saturated heterocycles. The minimum atomic E-state index is -2.12. The maximum atomic E-state index is 13.6. The van der Waals surface area contributed by atoms with E-state index in [2.05, 4.69) is 109 Å². The number of methoxy groups -OCH3 is 2. The van der Waals surface area contributed by atoms with Crippen LogP contribution in [0.5, 0.6) is 5.75 Å². The minimum Gasteiger partial charge on any atom is -0.497 e. The Bertz CT molecular complexity index is 1620. The number of carbonyl (C=O) groups is 1. The molecule has 66 heavy (non-hydrogen) atoms. The third-order valence-corrected chi connectivity index (χ3v) is 29.0. The highest BCUT2D eigenvalue weighted by Gasteiger charge is 2.44. The molecule has 2 fully saturated rings. The second kappa shape index (κ2) is 24.7. The normalized spacial score (nSPS) is 23.4. The van der Waals surface area contributed by atoms with Gasteiger partial charge in [-0.05, 0) is 137 Å². The van der Waals surface area contributed by atoms with Crippen molar-refractivity contribution in [1.29, 1.82) is 0 Å². The Morgan fingerprint density at radius 3 is 1.94 bits per heavy atom. The first-order chi connectivity index (χ1) is 30.3. The summed E-state index contributed by atoms with van der Waals surface area (Å²) < 4.78 is 58.4. The molecule has 0 aromatic heterocycles. The van der Waals surface area contributed by atoms with Gasteiger partial charge >= 0.3 is 0 Å². The molecule has 1 aromatic carbocycles. The third-order valence-electron chi connectivity index (χ3n) is 15.4. The Kier molecular flexibility index (Phi) is 22.1. The molecule has 0 N–H and O–H groups in total. The van der Waals surface area contributed by atoms with Crippen molar-refractivity contribution in [2.45, 2.75) is 250 Å². The van der Waals surface area contributed by atoms with Gasteiger partial charge in [0, 0.05) is 38.6 Å². The number of hydrogen-bond acceptors (Lipinski definition) is 10. The van der Waals surface area contributed by atoms with Crippen molar-refractivity contribution < 1.29 is 46.5 Å². The van der Waals surface area contributed by atoms with E-state index in [9.17, 15) is 4.79 Å². The maximum absolute atomic E-state index is 13.6. The second-order valence-electron chi connectivity index (χ2n) is 24.5. The van der Waals surface area contributed by atoms with Crippen molar-refractivity contribution in [2.75, 3.05) is 27.4 Å². The van der Waals surface area contributed by atoms with Gasteiger partial charge in [-0.15, -0.1) is 0 Å². The quantitative estimate of drug-likeness (QED) is 0.0695. The van der Waals surface area contributed by atoms with Crippen LogP contribution in [-0.4, -0.2) is 107 Å². The van der Waals surface area contributed by atoms with Crippen LogP contribution in [0.3, 0.4) is 0 Å². The summed E-state index contributed by atoms with van der Waals surface area (Å²) in [6.45, 7) is 42.0. The number of hydrogen-bond donors (Lipinski definition) is 0. The van der Waals surface area contributed by atoms with Gasteiger partial charge in [0.05, 0.1) is 50.8 Å². The van der Waals surface area contributed by atoms with Gasteiger partial charge in [-0.1, -0.05) is 87.4 Å². The van der Waals surface area contributed by atoms with Crippen molar-refractivity contribution in [3.8, 4) is 5.75 Å². The fourth-order valence-corrected chi connectivity index (χ4v) is 11.4.